The van der Waals surface area contributed by atoms with Crippen molar-refractivity contribution in [1.82, 2.24) is 10.6 Å². The Bertz CT molecular complexity index is 316. The van der Waals surface area contributed by atoms with E-state index in [1.807, 2.05) is 11.8 Å². The molecule has 7 N–H and O–H groups in total. The number of rotatable bonds is 5. The summed E-state index contributed by atoms with van der Waals surface area (Å²) in [6.07, 6.45) is 2.81. The zero-order valence-electron chi connectivity index (χ0n) is 10.3. The van der Waals surface area contributed by atoms with Crippen molar-refractivity contribution in [3.05, 3.63) is 0 Å². The molecule has 2 amide bonds. The van der Waals surface area contributed by atoms with Crippen LogP contribution in [0.2, 0.25) is 0 Å². The molecule has 0 spiro atoms. The number of hydrogen-bond acceptors (Lipinski definition) is 5. The van der Waals surface area contributed by atoms with E-state index in [1.54, 1.807) is 0 Å². The van der Waals surface area contributed by atoms with Crippen LogP contribution in [-0.2, 0) is 9.68 Å². The number of fused-ring (bicyclic) bond motifs is 1. The summed E-state index contributed by atoms with van der Waals surface area (Å²) >= 11 is 1.86. The van der Waals surface area contributed by atoms with E-state index in [1.165, 1.54) is 0 Å². The Hall–Kier alpha value is -1.03. The lowest BCUT2D eigenvalue weighted by molar-refractivity contribution is -0.234. The highest BCUT2D eigenvalue weighted by Gasteiger charge is 2.42. The number of thioether (sulfide) groups is 1. The normalized spacial score (nSPS) is 27.4. The number of carbonyl (C=O) groups is 2. The molecule has 0 radical (unpaired) electrons. The lowest BCUT2D eigenvalue weighted by Gasteiger charge is -2.16. The SMILES string of the molecule is O.O.O=C1N[C@@H]2[C@@H](CS[C@@H]2CCCCC(=O)OO)N1. The summed E-state index contributed by atoms with van der Waals surface area (Å²) in [6, 6.07) is 0.395. The van der Waals surface area contributed by atoms with Gasteiger partial charge in [0.15, 0.2) is 0 Å². The number of amides is 2. The third-order valence-corrected chi connectivity index (χ3v) is 4.67. The topological polar surface area (TPSA) is 151 Å². The van der Waals surface area contributed by atoms with Crippen LogP contribution >= 0.6 is 11.8 Å². The highest BCUT2D eigenvalue weighted by atomic mass is 32.2. The van der Waals surface area contributed by atoms with Crippen molar-refractivity contribution in [2.75, 3.05) is 5.75 Å². The van der Waals surface area contributed by atoms with Crippen LogP contribution in [0.4, 0.5) is 4.79 Å². The van der Waals surface area contributed by atoms with Gasteiger partial charge in [0.05, 0.1) is 12.1 Å². The molecule has 0 aromatic carbocycles. The van der Waals surface area contributed by atoms with Crippen LogP contribution in [0.1, 0.15) is 25.7 Å². The van der Waals surface area contributed by atoms with Crippen LogP contribution in [-0.4, -0.2) is 51.3 Å². The average molecular weight is 296 g/mol. The van der Waals surface area contributed by atoms with Crippen molar-refractivity contribution in [1.29, 1.82) is 0 Å². The molecule has 19 heavy (non-hydrogen) atoms. The fraction of sp³-hybridized carbons (Fsp3) is 0.800. The minimum absolute atomic E-state index is 0. The molecule has 0 aromatic rings. The minimum atomic E-state index is -0.585. The molecule has 2 aliphatic rings. The quantitative estimate of drug-likeness (QED) is 0.259. The monoisotopic (exact) mass is 296 g/mol. The van der Waals surface area contributed by atoms with Gasteiger partial charge in [-0.2, -0.15) is 17.0 Å². The fourth-order valence-corrected chi connectivity index (χ4v) is 3.85. The fourth-order valence-electron chi connectivity index (χ4n) is 2.30. The molecular weight excluding hydrogens is 276 g/mol. The molecule has 0 bridgehead atoms. The van der Waals surface area contributed by atoms with Gasteiger partial charge in [0.1, 0.15) is 0 Å². The van der Waals surface area contributed by atoms with Crippen molar-refractivity contribution in [3.63, 3.8) is 0 Å². The second kappa shape index (κ2) is 8.20. The van der Waals surface area contributed by atoms with Crippen LogP contribution in [0.3, 0.4) is 0 Å². The second-order valence-electron chi connectivity index (χ2n) is 4.33. The van der Waals surface area contributed by atoms with Gasteiger partial charge in [0, 0.05) is 17.4 Å². The molecule has 9 heteroatoms. The van der Waals surface area contributed by atoms with Gasteiger partial charge >= 0.3 is 12.0 Å². The Morgan fingerprint density at radius 3 is 2.79 bits per heavy atom. The Morgan fingerprint density at radius 2 is 2.11 bits per heavy atom. The number of carbonyl (C=O) groups excluding carboxylic acids is 2. The predicted octanol–water partition coefficient (Wildman–Crippen LogP) is -0.921. The molecule has 112 valence electrons. The maximum absolute atomic E-state index is 11.1. The average Bonchev–Trinajstić information content (AvgIpc) is 2.84. The Balaban J connectivity index is 0.00000162. The van der Waals surface area contributed by atoms with Crippen molar-refractivity contribution < 1.29 is 30.7 Å². The first-order valence-electron chi connectivity index (χ1n) is 5.73. The van der Waals surface area contributed by atoms with Gasteiger partial charge in [0.25, 0.3) is 0 Å². The molecule has 3 atom stereocenters. The van der Waals surface area contributed by atoms with E-state index >= 15 is 0 Å². The van der Waals surface area contributed by atoms with Crippen molar-refractivity contribution in [2.45, 2.75) is 43.0 Å². The highest BCUT2D eigenvalue weighted by Crippen LogP contribution is 2.33. The molecule has 2 heterocycles. The second-order valence-corrected chi connectivity index (χ2v) is 5.60. The molecule has 2 aliphatic heterocycles. The van der Waals surface area contributed by atoms with E-state index in [4.69, 9.17) is 5.26 Å². The van der Waals surface area contributed by atoms with E-state index in [-0.39, 0.29) is 35.5 Å². The first-order valence-corrected chi connectivity index (χ1v) is 6.78. The van der Waals surface area contributed by atoms with Crippen molar-refractivity contribution >= 4 is 23.8 Å². The van der Waals surface area contributed by atoms with Gasteiger partial charge in [-0.1, -0.05) is 6.42 Å². The first kappa shape index (κ1) is 18.0. The first-order chi connectivity index (χ1) is 8.20. The van der Waals surface area contributed by atoms with Crippen LogP contribution < -0.4 is 10.6 Å². The molecule has 8 nitrogen and oxygen atoms in total. The number of nitrogens with one attached hydrogen (secondary N) is 2. The standard InChI is InChI=1S/C10H16N2O4S.2H2O/c13-8(16-15)4-2-1-3-7-9-6(5-17-7)11-10(14)12-9;;/h6-7,9,15H,1-5H2,(H2,11,12,14);2*1H2/t6-,7-,9-;;/m1../s1. The number of hydrogen-bond donors (Lipinski definition) is 3. The van der Waals surface area contributed by atoms with E-state index < -0.39 is 5.97 Å². The molecule has 0 saturated carbocycles. The molecule has 2 saturated heterocycles. The lowest BCUT2D eigenvalue weighted by atomic mass is 10.0. The summed E-state index contributed by atoms with van der Waals surface area (Å²) < 4.78 is 0. The summed E-state index contributed by atoms with van der Waals surface area (Å²) in [7, 11) is 0. The summed E-state index contributed by atoms with van der Waals surface area (Å²) in [4.78, 5) is 25.4. The van der Waals surface area contributed by atoms with Gasteiger partial charge in [0.2, 0.25) is 0 Å². The van der Waals surface area contributed by atoms with Gasteiger partial charge in [-0.15, -0.1) is 0 Å². The van der Waals surface area contributed by atoms with Gasteiger partial charge in [-0.25, -0.2) is 9.59 Å². The molecule has 0 aromatic heterocycles. The lowest BCUT2D eigenvalue weighted by Crippen LogP contribution is -2.36. The zero-order valence-corrected chi connectivity index (χ0v) is 11.2. The summed E-state index contributed by atoms with van der Waals surface area (Å²) in [6.45, 7) is 0. The van der Waals surface area contributed by atoms with E-state index in [0.717, 1.165) is 18.6 Å². The summed E-state index contributed by atoms with van der Waals surface area (Å²) in [5.74, 6) is 0.366. The van der Waals surface area contributed by atoms with Gasteiger partial charge in [-0.05, 0) is 12.8 Å². The Morgan fingerprint density at radius 1 is 1.37 bits per heavy atom. The molecular formula is C10H20N2O6S. The van der Waals surface area contributed by atoms with Crippen molar-refractivity contribution in [3.8, 4) is 0 Å². The van der Waals surface area contributed by atoms with Gasteiger partial charge in [-0.3, -0.25) is 0 Å². The Kier molecular flexibility index (Phi) is 7.76. The van der Waals surface area contributed by atoms with Gasteiger partial charge < -0.3 is 26.5 Å². The van der Waals surface area contributed by atoms with E-state index in [9.17, 15) is 9.59 Å². The van der Waals surface area contributed by atoms with Crippen LogP contribution in [0.5, 0.6) is 0 Å². The van der Waals surface area contributed by atoms with E-state index in [0.29, 0.717) is 11.7 Å². The third kappa shape index (κ3) is 4.53. The number of unbranched alkanes of at least 4 members (excludes halogenated alkanes) is 1. The predicted molar refractivity (Wildman–Crippen MR) is 69.9 cm³/mol. The maximum Gasteiger partial charge on any atom is 0.342 e. The molecule has 0 aliphatic carbocycles. The molecule has 2 rings (SSSR count). The largest absolute Gasteiger partial charge is 0.412 e. The van der Waals surface area contributed by atoms with Crippen LogP contribution in [0.15, 0.2) is 0 Å². The zero-order chi connectivity index (χ0) is 12.3. The third-order valence-electron chi connectivity index (χ3n) is 3.16. The molecule has 0 unspecified atom stereocenters. The van der Waals surface area contributed by atoms with Crippen LogP contribution in [0, 0.1) is 0 Å². The number of urea groups is 1. The summed E-state index contributed by atoms with van der Waals surface area (Å²) in [5, 5.41) is 14.3. The summed E-state index contributed by atoms with van der Waals surface area (Å²) in [5.41, 5.74) is 0. The maximum atomic E-state index is 11.1. The van der Waals surface area contributed by atoms with Crippen LogP contribution in [0.25, 0.3) is 0 Å². The minimum Gasteiger partial charge on any atom is -0.412 e. The van der Waals surface area contributed by atoms with E-state index in [2.05, 4.69) is 15.5 Å². The molecule has 2 fully saturated rings. The Labute approximate surface area is 114 Å². The smallest absolute Gasteiger partial charge is 0.342 e. The highest BCUT2D eigenvalue weighted by molar-refractivity contribution is 8.00. The van der Waals surface area contributed by atoms with Crippen molar-refractivity contribution in [2.24, 2.45) is 0 Å².